The minimum absolute atomic E-state index is 0.565. The molecule has 0 bridgehead atoms. The number of halogens is 1. The Morgan fingerprint density at radius 3 is 2.92 bits per heavy atom. The number of nitrogens with zero attached hydrogens (tertiary/aromatic N) is 1. The van der Waals surface area contributed by atoms with Crippen molar-refractivity contribution in [1.82, 2.24) is 0 Å². The zero-order valence-corrected chi connectivity index (χ0v) is 8.74. The predicted molar refractivity (Wildman–Crippen MR) is 57.4 cm³/mol. The largest absolute Gasteiger partial charge is 0.387 e. The van der Waals surface area contributed by atoms with Crippen LogP contribution >= 0.6 is 22.9 Å². The van der Waals surface area contributed by atoms with Crippen LogP contribution in [0, 0.1) is 5.92 Å². The summed E-state index contributed by atoms with van der Waals surface area (Å²) in [7, 11) is 0. The lowest BCUT2D eigenvalue weighted by Gasteiger charge is -1.95. The third-order valence-corrected chi connectivity index (χ3v) is 3.26. The minimum atomic E-state index is 0.565. The van der Waals surface area contributed by atoms with E-state index in [2.05, 4.69) is 4.99 Å². The second-order valence-corrected chi connectivity index (χ2v) is 5.02. The molecule has 0 aliphatic heterocycles. The molecule has 0 amide bonds. The van der Waals surface area contributed by atoms with E-state index in [-0.39, 0.29) is 0 Å². The van der Waals surface area contributed by atoms with Crippen molar-refractivity contribution in [1.29, 1.82) is 0 Å². The summed E-state index contributed by atoms with van der Waals surface area (Å²) in [5.41, 5.74) is 5.76. The van der Waals surface area contributed by atoms with E-state index in [0.717, 1.165) is 10.2 Å². The Morgan fingerprint density at radius 2 is 2.38 bits per heavy atom. The smallest absolute Gasteiger partial charge is 0.0972 e. The van der Waals surface area contributed by atoms with E-state index >= 15 is 0 Å². The molecule has 1 aliphatic carbocycles. The van der Waals surface area contributed by atoms with Gasteiger partial charge in [0, 0.05) is 10.8 Å². The number of thiophene rings is 1. The van der Waals surface area contributed by atoms with E-state index in [1.54, 1.807) is 11.3 Å². The number of aliphatic imine (C=N–C) groups is 1. The van der Waals surface area contributed by atoms with E-state index in [0.29, 0.717) is 12.5 Å². The fourth-order valence-corrected chi connectivity index (χ4v) is 2.13. The highest BCUT2D eigenvalue weighted by molar-refractivity contribution is 7.16. The van der Waals surface area contributed by atoms with Gasteiger partial charge in [0.1, 0.15) is 0 Å². The summed E-state index contributed by atoms with van der Waals surface area (Å²) < 4.78 is 0.815. The van der Waals surface area contributed by atoms with Gasteiger partial charge < -0.3 is 5.73 Å². The molecule has 0 aromatic carbocycles. The van der Waals surface area contributed by atoms with Crippen LogP contribution in [0.5, 0.6) is 0 Å². The van der Waals surface area contributed by atoms with Crippen LogP contribution in [-0.2, 0) is 6.54 Å². The third-order valence-electron chi connectivity index (χ3n) is 2.04. The van der Waals surface area contributed by atoms with Crippen LogP contribution in [0.2, 0.25) is 4.34 Å². The second kappa shape index (κ2) is 3.68. The quantitative estimate of drug-likeness (QED) is 0.610. The van der Waals surface area contributed by atoms with Crippen LogP contribution in [0.1, 0.15) is 17.7 Å². The summed E-state index contributed by atoms with van der Waals surface area (Å²) in [6.07, 6.45) is 2.42. The molecule has 0 spiro atoms. The molecule has 1 saturated carbocycles. The maximum Gasteiger partial charge on any atom is 0.0972 e. The first-order valence-electron chi connectivity index (χ1n) is 4.30. The summed E-state index contributed by atoms with van der Waals surface area (Å²) in [6.45, 7) is 0.680. The normalized spacial score (nSPS) is 17.8. The predicted octanol–water partition coefficient (Wildman–Crippen LogP) is 2.67. The van der Waals surface area contributed by atoms with Crippen molar-refractivity contribution in [2.75, 3.05) is 0 Å². The fraction of sp³-hybridized carbons (Fsp3) is 0.444. The first-order chi connectivity index (χ1) is 6.25. The van der Waals surface area contributed by atoms with Crippen LogP contribution < -0.4 is 5.73 Å². The first-order valence-corrected chi connectivity index (χ1v) is 5.49. The number of hydrogen-bond acceptors (Lipinski definition) is 2. The Hall–Kier alpha value is -0.540. The zero-order chi connectivity index (χ0) is 9.26. The lowest BCUT2D eigenvalue weighted by molar-refractivity contribution is 1.04. The summed E-state index contributed by atoms with van der Waals surface area (Å²) in [5.74, 6) is 1.37. The zero-order valence-electron chi connectivity index (χ0n) is 7.16. The van der Waals surface area contributed by atoms with Gasteiger partial charge in [-0.1, -0.05) is 11.6 Å². The van der Waals surface area contributed by atoms with Gasteiger partial charge in [-0.3, -0.25) is 4.99 Å². The van der Waals surface area contributed by atoms with Crippen LogP contribution in [0.25, 0.3) is 0 Å². The molecule has 0 unspecified atom stereocenters. The number of nitrogens with two attached hydrogens (primary N) is 1. The molecule has 0 saturated heterocycles. The maximum absolute atomic E-state index is 5.79. The van der Waals surface area contributed by atoms with Crippen molar-refractivity contribution >= 4 is 28.8 Å². The highest BCUT2D eigenvalue weighted by atomic mass is 35.5. The van der Waals surface area contributed by atoms with E-state index in [4.69, 9.17) is 17.3 Å². The Bertz CT molecular complexity index is 328. The number of rotatable bonds is 3. The molecule has 2 rings (SSSR count). The molecule has 0 atom stereocenters. The van der Waals surface area contributed by atoms with Gasteiger partial charge in [-0.15, -0.1) is 11.3 Å². The molecular formula is C9H11ClN2S. The lowest BCUT2D eigenvalue weighted by Crippen LogP contribution is -2.13. The standard InChI is InChI=1S/C9H11ClN2S/c10-8-4-3-7(13-8)5-12-9(11)6-1-2-6/h3-4,6H,1-2,5H2,(H2,11,12). The molecule has 1 heterocycles. The van der Waals surface area contributed by atoms with Gasteiger partial charge in [0.2, 0.25) is 0 Å². The Kier molecular flexibility index (Phi) is 2.56. The minimum Gasteiger partial charge on any atom is -0.387 e. The lowest BCUT2D eigenvalue weighted by atomic mass is 10.4. The summed E-state index contributed by atoms with van der Waals surface area (Å²) in [4.78, 5) is 5.49. The molecule has 1 aromatic heterocycles. The molecular weight excluding hydrogens is 204 g/mol. The van der Waals surface area contributed by atoms with Crippen molar-refractivity contribution in [3.8, 4) is 0 Å². The van der Waals surface area contributed by atoms with E-state index in [1.165, 1.54) is 17.7 Å². The molecule has 4 heteroatoms. The molecule has 2 N–H and O–H groups in total. The van der Waals surface area contributed by atoms with E-state index in [9.17, 15) is 0 Å². The van der Waals surface area contributed by atoms with Gasteiger partial charge in [-0.25, -0.2) is 0 Å². The van der Waals surface area contributed by atoms with Crippen LogP contribution in [0.15, 0.2) is 17.1 Å². The third kappa shape index (κ3) is 2.45. The topological polar surface area (TPSA) is 38.4 Å². The molecule has 0 radical (unpaired) electrons. The van der Waals surface area contributed by atoms with Crippen LogP contribution in [0.3, 0.4) is 0 Å². The summed E-state index contributed by atoms with van der Waals surface area (Å²) in [5, 5.41) is 0. The average molecular weight is 215 g/mol. The highest BCUT2D eigenvalue weighted by Gasteiger charge is 2.25. The molecule has 1 aromatic rings. The van der Waals surface area contributed by atoms with Crippen LogP contribution in [-0.4, -0.2) is 5.84 Å². The highest BCUT2D eigenvalue weighted by Crippen LogP contribution is 2.29. The van der Waals surface area contributed by atoms with Gasteiger partial charge >= 0.3 is 0 Å². The molecule has 70 valence electrons. The molecule has 1 aliphatic rings. The first kappa shape index (κ1) is 9.03. The van der Waals surface area contributed by atoms with Crippen LogP contribution in [0.4, 0.5) is 0 Å². The summed E-state index contributed by atoms with van der Waals surface area (Å²) >= 11 is 7.35. The van der Waals surface area contributed by atoms with Crippen molar-refractivity contribution < 1.29 is 0 Å². The van der Waals surface area contributed by atoms with Gasteiger partial charge in [-0.2, -0.15) is 0 Å². The SMILES string of the molecule is NC(=NCc1ccc(Cl)s1)C1CC1. The van der Waals surface area contributed by atoms with Gasteiger partial charge in [-0.05, 0) is 25.0 Å². The van der Waals surface area contributed by atoms with Gasteiger partial charge in [0.25, 0.3) is 0 Å². The van der Waals surface area contributed by atoms with Gasteiger partial charge in [0.15, 0.2) is 0 Å². The van der Waals surface area contributed by atoms with E-state index < -0.39 is 0 Å². The Balaban J connectivity index is 1.94. The number of amidine groups is 1. The maximum atomic E-state index is 5.79. The van der Waals surface area contributed by atoms with Gasteiger partial charge in [0.05, 0.1) is 16.7 Å². The summed E-state index contributed by atoms with van der Waals surface area (Å²) in [6, 6.07) is 3.89. The van der Waals surface area contributed by atoms with Crippen molar-refractivity contribution in [2.24, 2.45) is 16.6 Å². The molecule has 1 fully saturated rings. The average Bonchev–Trinajstić information content (AvgIpc) is 2.87. The number of hydrogen-bond donors (Lipinski definition) is 1. The Labute approximate surface area is 86.4 Å². The second-order valence-electron chi connectivity index (χ2n) is 3.22. The molecule has 13 heavy (non-hydrogen) atoms. The fourth-order valence-electron chi connectivity index (χ4n) is 1.11. The molecule has 2 nitrogen and oxygen atoms in total. The van der Waals surface area contributed by atoms with E-state index in [1.807, 2.05) is 12.1 Å². The Morgan fingerprint density at radius 1 is 1.62 bits per heavy atom. The van der Waals surface area contributed by atoms with Crippen molar-refractivity contribution in [3.63, 3.8) is 0 Å². The van der Waals surface area contributed by atoms with Crippen molar-refractivity contribution in [2.45, 2.75) is 19.4 Å². The van der Waals surface area contributed by atoms with Crippen molar-refractivity contribution in [3.05, 3.63) is 21.3 Å². The monoisotopic (exact) mass is 214 g/mol.